The van der Waals surface area contributed by atoms with Gasteiger partial charge in [-0.3, -0.25) is 4.90 Å². The molecule has 2 N–H and O–H groups in total. The number of hydrogen-bond acceptors (Lipinski definition) is 4. The highest BCUT2D eigenvalue weighted by molar-refractivity contribution is 5.42. The average Bonchev–Trinajstić information content (AvgIpc) is 2.46. The SMILES string of the molecule is COc1ccc(OC)c(C(CN)N(C)C(C)CC(C)C)c1. The molecule has 1 rings (SSSR count). The third-order valence-corrected chi connectivity index (χ3v) is 4.02. The Morgan fingerprint density at radius 3 is 2.29 bits per heavy atom. The van der Waals surface area contributed by atoms with Crippen LogP contribution in [0.3, 0.4) is 0 Å². The van der Waals surface area contributed by atoms with Crippen LogP contribution in [0.25, 0.3) is 0 Å². The van der Waals surface area contributed by atoms with E-state index in [-0.39, 0.29) is 6.04 Å². The van der Waals surface area contributed by atoms with E-state index in [0.717, 1.165) is 23.5 Å². The summed E-state index contributed by atoms with van der Waals surface area (Å²) in [6.07, 6.45) is 1.14. The van der Waals surface area contributed by atoms with Gasteiger partial charge in [0.1, 0.15) is 11.5 Å². The van der Waals surface area contributed by atoms with Crippen molar-refractivity contribution in [2.24, 2.45) is 11.7 Å². The van der Waals surface area contributed by atoms with Crippen molar-refractivity contribution in [2.75, 3.05) is 27.8 Å². The molecule has 0 saturated carbocycles. The number of ether oxygens (including phenoxy) is 2. The van der Waals surface area contributed by atoms with Crippen LogP contribution in [0.2, 0.25) is 0 Å². The fraction of sp³-hybridized carbons (Fsp3) is 0.647. The van der Waals surface area contributed by atoms with Crippen LogP contribution >= 0.6 is 0 Å². The molecule has 0 bridgehead atoms. The Morgan fingerprint density at radius 2 is 1.81 bits per heavy atom. The summed E-state index contributed by atoms with van der Waals surface area (Å²) in [4.78, 5) is 2.33. The van der Waals surface area contributed by atoms with Gasteiger partial charge in [-0.2, -0.15) is 0 Å². The second kappa shape index (κ2) is 8.25. The predicted octanol–water partition coefficient (Wildman–Crippen LogP) is 3.07. The highest BCUT2D eigenvalue weighted by Crippen LogP contribution is 2.33. The second-order valence-electron chi connectivity index (χ2n) is 6.00. The molecule has 0 spiro atoms. The van der Waals surface area contributed by atoms with Crippen LogP contribution in [0.15, 0.2) is 18.2 Å². The molecule has 4 nitrogen and oxygen atoms in total. The maximum absolute atomic E-state index is 6.05. The highest BCUT2D eigenvalue weighted by Gasteiger charge is 2.24. The lowest BCUT2D eigenvalue weighted by Gasteiger charge is -2.34. The highest BCUT2D eigenvalue weighted by atomic mass is 16.5. The molecule has 0 aliphatic heterocycles. The maximum Gasteiger partial charge on any atom is 0.123 e. The summed E-state index contributed by atoms with van der Waals surface area (Å²) in [5, 5.41) is 0. The third kappa shape index (κ3) is 4.61. The maximum atomic E-state index is 6.05. The van der Waals surface area contributed by atoms with E-state index in [0.29, 0.717) is 18.5 Å². The van der Waals surface area contributed by atoms with Crippen LogP contribution in [0.4, 0.5) is 0 Å². The topological polar surface area (TPSA) is 47.7 Å². The normalized spacial score (nSPS) is 14.3. The first-order valence-corrected chi connectivity index (χ1v) is 7.58. The summed E-state index contributed by atoms with van der Waals surface area (Å²) in [7, 11) is 5.49. The van der Waals surface area contributed by atoms with Gasteiger partial charge in [0.2, 0.25) is 0 Å². The zero-order chi connectivity index (χ0) is 16.0. The first-order chi connectivity index (χ1) is 9.94. The van der Waals surface area contributed by atoms with Crippen LogP contribution < -0.4 is 15.2 Å². The number of hydrogen-bond donors (Lipinski definition) is 1. The summed E-state index contributed by atoms with van der Waals surface area (Å²) >= 11 is 0. The number of rotatable bonds is 8. The van der Waals surface area contributed by atoms with Crippen molar-refractivity contribution in [1.82, 2.24) is 4.90 Å². The fourth-order valence-corrected chi connectivity index (χ4v) is 2.77. The van der Waals surface area contributed by atoms with Gasteiger partial charge in [-0.1, -0.05) is 13.8 Å². The molecule has 1 aromatic rings. The molecule has 4 heteroatoms. The Morgan fingerprint density at radius 1 is 1.14 bits per heavy atom. The lowest BCUT2D eigenvalue weighted by Crippen LogP contribution is -2.37. The van der Waals surface area contributed by atoms with E-state index in [1.54, 1.807) is 14.2 Å². The minimum Gasteiger partial charge on any atom is -0.497 e. The van der Waals surface area contributed by atoms with Gasteiger partial charge in [-0.15, -0.1) is 0 Å². The average molecular weight is 294 g/mol. The van der Waals surface area contributed by atoms with Crippen molar-refractivity contribution < 1.29 is 9.47 Å². The largest absolute Gasteiger partial charge is 0.497 e. The third-order valence-electron chi connectivity index (χ3n) is 4.02. The zero-order valence-electron chi connectivity index (χ0n) is 14.2. The predicted molar refractivity (Wildman–Crippen MR) is 88.0 cm³/mol. The zero-order valence-corrected chi connectivity index (χ0v) is 14.2. The number of benzene rings is 1. The Bertz CT molecular complexity index is 435. The van der Waals surface area contributed by atoms with Crippen molar-refractivity contribution in [3.8, 4) is 11.5 Å². The number of likely N-dealkylation sites (N-methyl/N-ethyl adjacent to an activating group) is 1. The molecule has 0 aliphatic carbocycles. The Hall–Kier alpha value is -1.26. The Balaban J connectivity index is 3.07. The van der Waals surface area contributed by atoms with Crippen molar-refractivity contribution in [1.29, 1.82) is 0 Å². The second-order valence-corrected chi connectivity index (χ2v) is 6.00. The summed E-state index contributed by atoms with van der Waals surface area (Å²) in [6.45, 7) is 7.28. The van der Waals surface area contributed by atoms with Gasteiger partial charge in [0.25, 0.3) is 0 Å². The van der Waals surface area contributed by atoms with Gasteiger partial charge in [-0.05, 0) is 44.5 Å². The van der Waals surface area contributed by atoms with Crippen LogP contribution in [-0.4, -0.2) is 38.8 Å². The van der Waals surface area contributed by atoms with Gasteiger partial charge in [0.15, 0.2) is 0 Å². The number of nitrogens with two attached hydrogens (primary N) is 1. The molecule has 0 saturated heterocycles. The summed E-state index contributed by atoms with van der Waals surface area (Å²) in [6, 6.07) is 6.44. The molecule has 0 radical (unpaired) electrons. The Kier molecular flexibility index (Phi) is 6.99. The first-order valence-electron chi connectivity index (χ1n) is 7.58. The van der Waals surface area contributed by atoms with Crippen LogP contribution in [0.1, 0.15) is 38.8 Å². The summed E-state index contributed by atoms with van der Waals surface area (Å²) in [5.74, 6) is 2.34. The van der Waals surface area contributed by atoms with Gasteiger partial charge < -0.3 is 15.2 Å². The molecule has 21 heavy (non-hydrogen) atoms. The monoisotopic (exact) mass is 294 g/mol. The Labute approximate surface area is 129 Å². The van der Waals surface area contributed by atoms with E-state index in [1.165, 1.54) is 0 Å². The van der Waals surface area contributed by atoms with Gasteiger partial charge in [-0.25, -0.2) is 0 Å². The van der Waals surface area contributed by atoms with Crippen LogP contribution in [0.5, 0.6) is 11.5 Å². The van der Waals surface area contributed by atoms with E-state index in [2.05, 4.69) is 32.7 Å². The van der Waals surface area contributed by atoms with E-state index < -0.39 is 0 Å². The van der Waals surface area contributed by atoms with Crippen molar-refractivity contribution in [3.63, 3.8) is 0 Å². The summed E-state index contributed by atoms with van der Waals surface area (Å²) < 4.78 is 10.8. The first kappa shape index (κ1) is 17.8. The molecule has 0 amide bonds. The van der Waals surface area contributed by atoms with E-state index in [4.69, 9.17) is 15.2 Å². The van der Waals surface area contributed by atoms with Crippen molar-refractivity contribution in [3.05, 3.63) is 23.8 Å². The standard InChI is InChI=1S/C17H30N2O2/c1-12(2)9-13(3)19(4)16(11-18)15-10-14(20-5)7-8-17(15)21-6/h7-8,10,12-13,16H,9,11,18H2,1-6H3. The van der Waals surface area contributed by atoms with Crippen LogP contribution in [0, 0.1) is 5.92 Å². The minimum absolute atomic E-state index is 0.115. The van der Waals surface area contributed by atoms with E-state index in [9.17, 15) is 0 Å². The lowest BCUT2D eigenvalue weighted by molar-refractivity contribution is 0.166. The molecule has 120 valence electrons. The number of nitrogens with zero attached hydrogens (tertiary/aromatic N) is 1. The molecule has 2 atom stereocenters. The quantitative estimate of drug-likeness (QED) is 0.800. The van der Waals surface area contributed by atoms with E-state index in [1.807, 2.05) is 18.2 Å². The fourth-order valence-electron chi connectivity index (χ4n) is 2.77. The minimum atomic E-state index is 0.115. The molecule has 1 aromatic carbocycles. The smallest absolute Gasteiger partial charge is 0.123 e. The van der Waals surface area contributed by atoms with Gasteiger partial charge >= 0.3 is 0 Å². The molecular weight excluding hydrogens is 264 g/mol. The van der Waals surface area contributed by atoms with Gasteiger partial charge in [0, 0.05) is 18.2 Å². The molecule has 0 heterocycles. The molecule has 0 aromatic heterocycles. The van der Waals surface area contributed by atoms with Crippen molar-refractivity contribution >= 4 is 0 Å². The molecule has 0 aliphatic rings. The van der Waals surface area contributed by atoms with Crippen LogP contribution in [-0.2, 0) is 0 Å². The number of methoxy groups -OCH3 is 2. The molecular formula is C17H30N2O2. The van der Waals surface area contributed by atoms with Gasteiger partial charge in [0.05, 0.1) is 20.3 Å². The molecule has 0 fully saturated rings. The lowest BCUT2D eigenvalue weighted by atomic mass is 9.99. The summed E-state index contributed by atoms with van der Waals surface area (Å²) in [5.41, 5.74) is 7.13. The van der Waals surface area contributed by atoms with Crippen molar-refractivity contribution in [2.45, 2.75) is 39.3 Å². The molecule has 2 unspecified atom stereocenters. The van der Waals surface area contributed by atoms with E-state index >= 15 is 0 Å².